The van der Waals surface area contributed by atoms with Gasteiger partial charge in [0.2, 0.25) is 11.8 Å². The van der Waals surface area contributed by atoms with Crippen molar-refractivity contribution in [2.45, 2.75) is 19.8 Å². The number of hydrogen-bond donors (Lipinski definition) is 1. The lowest BCUT2D eigenvalue weighted by Gasteiger charge is -2.30. The second kappa shape index (κ2) is 6.69. The average Bonchev–Trinajstić information content (AvgIpc) is 3.10. The minimum Gasteiger partial charge on any atom is -0.343 e. The highest BCUT2D eigenvalue weighted by Crippen LogP contribution is 2.20. The van der Waals surface area contributed by atoms with E-state index in [-0.39, 0.29) is 17.7 Å². The summed E-state index contributed by atoms with van der Waals surface area (Å²) in [6.45, 7) is 2.91. The number of benzene rings is 1. The zero-order chi connectivity index (χ0) is 16.2. The van der Waals surface area contributed by atoms with E-state index in [1.165, 1.54) is 0 Å². The Morgan fingerprint density at radius 3 is 2.22 bits per heavy atom. The van der Waals surface area contributed by atoms with Gasteiger partial charge in [-0.15, -0.1) is 0 Å². The molecule has 2 heterocycles. The van der Waals surface area contributed by atoms with Crippen LogP contribution in [0.1, 0.15) is 19.8 Å². The maximum absolute atomic E-state index is 12.3. The van der Waals surface area contributed by atoms with Crippen LogP contribution in [0.25, 0.3) is 5.69 Å². The summed E-state index contributed by atoms with van der Waals surface area (Å²) in [6, 6.07) is 11.7. The first-order valence-electron chi connectivity index (χ1n) is 7.93. The van der Waals surface area contributed by atoms with Crippen LogP contribution in [-0.4, -0.2) is 34.4 Å². The lowest BCUT2D eigenvalue weighted by Crippen LogP contribution is -2.40. The first-order valence-corrected chi connectivity index (χ1v) is 7.93. The van der Waals surface area contributed by atoms with E-state index >= 15 is 0 Å². The third kappa shape index (κ3) is 3.62. The van der Waals surface area contributed by atoms with Gasteiger partial charge in [0.1, 0.15) is 0 Å². The molecule has 3 rings (SSSR count). The van der Waals surface area contributed by atoms with Gasteiger partial charge in [-0.05, 0) is 49.2 Å². The van der Waals surface area contributed by atoms with E-state index in [4.69, 9.17) is 0 Å². The van der Waals surface area contributed by atoms with Crippen molar-refractivity contribution in [1.82, 2.24) is 9.47 Å². The zero-order valence-corrected chi connectivity index (χ0v) is 13.2. The summed E-state index contributed by atoms with van der Waals surface area (Å²) in [7, 11) is 0. The summed E-state index contributed by atoms with van der Waals surface area (Å²) in [6.07, 6.45) is 5.42. The zero-order valence-electron chi connectivity index (χ0n) is 13.2. The fourth-order valence-corrected chi connectivity index (χ4v) is 2.92. The third-order valence-electron chi connectivity index (χ3n) is 4.35. The highest BCUT2D eigenvalue weighted by Gasteiger charge is 2.25. The smallest absolute Gasteiger partial charge is 0.227 e. The van der Waals surface area contributed by atoms with Gasteiger partial charge in [-0.2, -0.15) is 0 Å². The number of hydrogen-bond acceptors (Lipinski definition) is 2. The molecular formula is C18H21N3O2. The molecule has 0 radical (unpaired) electrons. The van der Waals surface area contributed by atoms with Crippen LogP contribution >= 0.6 is 0 Å². The summed E-state index contributed by atoms with van der Waals surface area (Å²) in [4.78, 5) is 25.5. The van der Waals surface area contributed by atoms with Crippen LogP contribution in [0.15, 0.2) is 48.8 Å². The van der Waals surface area contributed by atoms with E-state index in [0.717, 1.165) is 24.2 Å². The number of carbonyl (C=O) groups excluding carboxylic acids is 2. The van der Waals surface area contributed by atoms with Crippen molar-refractivity contribution in [2.24, 2.45) is 5.92 Å². The Hall–Kier alpha value is -2.56. The summed E-state index contributed by atoms with van der Waals surface area (Å²) in [5, 5.41) is 2.98. The van der Waals surface area contributed by atoms with Crippen LogP contribution in [0.3, 0.4) is 0 Å². The Kier molecular flexibility index (Phi) is 4.46. The molecule has 1 fully saturated rings. The molecule has 0 spiro atoms. The Labute approximate surface area is 135 Å². The second-order valence-electron chi connectivity index (χ2n) is 5.91. The third-order valence-corrected chi connectivity index (χ3v) is 4.35. The topological polar surface area (TPSA) is 54.3 Å². The molecule has 2 amide bonds. The van der Waals surface area contributed by atoms with Gasteiger partial charge in [0.15, 0.2) is 0 Å². The van der Waals surface area contributed by atoms with Gasteiger partial charge in [-0.25, -0.2) is 0 Å². The van der Waals surface area contributed by atoms with Crippen LogP contribution < -0.4 is 5.32 Å². The number of nitrogens with zero attached hydrogens (tertiary/aromatic N) is 2. The molecule has 5 heteroatoms. The normalized spacial score (nSPS) is 15.4. The van der Waals surface area contributed by atoms with Gasteiger partial charge in [0, 0.05) is 49.7 Å². The predicted molar refractivity (Wildman–Crippen MR) is 89.4 cm³/mol. The molecule has 5 nitrogen and oxygen atoms in total. The first-order chi connectivity index (χ1) is 11.1. The largest absolute Gasteiger partial charge is 0.343 e. The molecule has 1 aromatic heterocycles. The fraction of sp³-hybridized carbons (Fsp3) is 0.333. The molecule has 1 aliphatic heterocycles. The SMILES string of the molecule is CC(=O)N1CCC(C(=O)Nc2ccc(-n3cccc3)cc2)CC1. The van der Waals surface area contributed by atoms with Crippen molar-refractivity contribution in [2.75, 3.05) is 18.4 Å². The minimum absolute atomic E-state index is 0.0188. The van der Waals surface area contributed by atoms with Gasteiger partial charge in [0.25, 0.3) is 0 Å². The van der Waals surface area contributed by atoms with E-state index in [1.54, 1.807) is 11.8 Å². The fourth-order valence-electron chi connectivity index (χ4n) is 2.92. The van der Waals surface area contributed by atoms with Gasteiger partial charge < -0.3 is 14.8 Å². The standard InChI is InChI=1S/C18H21N3O2/c1-14(22)20-12-8-15(9-13-20)18(23)19-16-4-6-17(7-5-16)21-10-2-3-11-21/h2-7,10-11,15H,8-9,12-13H2,1H3,(H,19,23). The van der Waals surface area contributed by atoms with E-state index in [0.29, 0.717) is 13.1 Å². The number of likely N-dealkylation sites (tertiary alicyclic amines) is 1. The Morgan fingerprint density at radius 2 is 1.65 bits per heavy atom. The molecule has 0 aliphatic carbocycles. The number of amides is 2. The van der Waals surface area contributed by atoms with E-state index in [2.05, 4.69) is 5.32 Å². The molecule has 0 bridgehead atoms. The predicted octanol–water partition coefficient (Wildman–Crippen LogP) is 2.67. The van der Waals surface area contributed by atoms with Crippen molar-refractivity contribution in [3.63, 3.8) is 0 Å². The highest BCUT2D eigenvalue weighted by molar-refractivity contribution is 5.92. The van der Waals surface area contributed by atoms with Gasteiger partial charge in [-0.3, -0.25) is 9.59 Å². The summed E-state index contributed by atoms with van der Waals surface area (Å²) in [5.74, 6) is 0.112. The van der Waals surface area contributed by atoms with Crippen molar-refractivity contribution in [3.8, 4) is 5.69 Å². The van der Waals surface area contributed by atoms with Crippen LogP contribution in [0.5, 0.6) is 0 Å². The number of anilines is 1. The van der Waals surface area contributed by atoms with Gasteiger partial charge in [-0.1, -0.05) is 0 Å². The van der Waals surface area contributed by atoms with Crippen molar-refractivity contribution < 1.29 is 9.59 Å². The maximum Gasteiger partial charge on any atom is 0.227 e. The highest BCUT2D eigenvalue weighted by atomic mass is 16.2. The van der Waals surface area contributed by atoms with E-state index in [1.807, 2.05) is 53.4 Å². The van der Waals surface area contributed by atoms with Crippen molar-refractivity contribution in [1.29, 1.82) is 0 Å². The van der Waals surface area contributed by atoms with Crippen LogP contribution in [-0.2, 0) is 9.59 Å². The summed E-state index contributed by atoms with van der Waals surface area (Å²) >= 11 is 0. The van der Waals surface area contributed by atoms with Crippen LogP contribution in [0, 0.1) is 5.92 Å². The van der Waals surface area contributed by atoms with Crippen LogP contribution in [0.4, 0.5) is 5.69 Å². The lowest BCUT2D eigenvalue weighted by atomic mass is 9.96. The average molecular weight is 311 g/mol. The quantitative estimate of drug-likeness (QED) is 0.947. The second-order valence-corrected chi connectivity index (χ2v) is 5.91. The monoisotopic (exact) mass is 311 g/mol. The maximum atomic E-state index is 12.3. The van der Waals surface area contributed by atoms with Gasteiger partial charge in [0.05, 0.1) is 0 Å². The number of carbonyl (C=O) groups is 2. The molecule has 1 saturated heterocycles. The Morgan fingerprint density at radius 1 is 1.04 bits per heavy atom. The lowest BCUT2D eigenvalue weighted by molar-refractivity contribution is -0.132. The van der Waals surface area contributed by atoms with Crippen molar-refractivity contribution >= 4 is 17.5 Å². The summed E-state index contributed by atoms with van der Waals surface area (Å²) in [5.41, 5.74) is 1.86. The molecule has 23 heavy (non-hydrogen) atoms. The molecular weight excluding hydrogens is 290 g/mol. The number of rotatable bonds is 3. The van der Waals surface area contributed by atoms with Crippen molar-refractivity contribution in [3.05, 3.63) is 48.8 Å². The van der Waals surface area contributed by atoms with Crippen LogP contribution in [0.2, 0.25) is 0 Å². The molecule has 2 aromatic rings. The van der Waals surface area contributed by atoms with E-state index < -0.39 is 0 Å². The van der Waals surface area contributed by atoms with E-state index in [9.17, 15) is 9.59 Å². The molecule has 0 atom stereocenters. The molecule has 0 saturated carbocycles. The number of aromatic nitrogens is 1. The minimum atomic E-state index is -0.0188. The Balaban J connectivity index is 1.57. The molecule has 120 valence electrons. The number of nitrogens with one attached hydrogen (secondary N) is 1. The number of piperidine rings is 1. The molecule has 1 aliphatic rings. The summed E-state index contributed by atoms with van der Waals surface area (Å²) < 4.78 is 2.02. The van der Waals surface area contributed by atoms with Gasteiger partial charge >= 0.3 is 0 Å². The Bertz CT molecular complexity index is 669. The first kappa shape index (κ1) is 15.3. The molecule has 1 N–H and O–H groups in total. The molecule has 0 unspecified atom stereocenters. The molecule has 1 aromatic carbocycles.